The third kappa shape index (κ3) is 6.47. The first kappa shape index (κ1) is 29.7. The molecule has 3 atom stereocenters. The maximum absolute atomic E-state index is 14.2. The van der Waals surface area contributed by atoms with Crippen LogP contribution in [0.15, 0.2) is 54.9 Å². The minimum absolute atomic E-state index is 0.218. The fraction of sp³-hybridized carbons (Fsp3) is 0.452. The molecule has 1 aromatic heterocycles. The maximum atomic E-state index is 14.2. The van der Waals surface area contributed by atoms with Gasteiger partial charge in [0.15, 0.2) is 5.69 Å². The van der Waals surface area contributed by atoms with Crippen molar-refractivity contribution in [3.63, 3.8) is 0 Å². The first-order chi connectivity index (χ1) is 20.4. The van der Waals surface area contributed by atoms with Crippen LogP contribution in [0, 0.1) is 11.6 Å². The van der Waals surface area contributed by atoms with Crippen molar-refractivity contribution < 1.29 is 28.2 Å². The number of hydrogen-bond donors (Lipinski definition) is 2. The summed E-state index contributed by atoms with van der Waals surface area (Å²) in [6.07, 6.45) is 4.22. The van der Waals surface area contributed by atoms with Gasteiger partial charge in [-0.2, -0.15) is 0 Å². The summed E-state index contributed by atoms with van der Waals surface area (Å²) in [6.45, 7) is 2.01. The topological polar surface area (TPSA) is 99.9 Å². The number of ether oxygens (including phenoxy) is 1. The molecule has 224 valence electrons. The number of rotatable bonds is 9. The summed E-state index contributed by atoms with van der Waals surface area (Å²) < 4.78 is 35.0. The highest BCUT2D eigenvalue weighted by Gasteiger charge is 2.37. The number of nitrogens with zero attached hydrogens (tertiary/aromatic N) is 4. The van der Waals surface area contributed by atoms with E-state index in [0.29, 0.717) is 37.3 Å². The summed E-state index contributed by atoms with van der Waals surface area (Å²) in [5.41, 5.74) is 2.20. The van der Waals surface area contributed by atoms with E-state index in [2.05, 4.69) is 10.3 Å². The van der Waals surface area contributed by atoms with Gasteiger partial charge in [0.05, 0.1) is 30.7 Å². The van der Waals surface area contributed by atoms with Crippen molar-refractivity contribution >= 4 is 12.0 Å². The highest BCUT2D eigenvalue weighted by atomic mass is 19.1. The van der Waals surface area contributed by atoms with Crippen molar-refractivity contribution in [2.24, 2.45) is 0 Å². The van der Waals surface area contributed by atoms with Crippen LogP contribution in [0.1, 0.15) is 47.8 Å². The zero-order valence-corrected chi connectivity index (χ0v) is 23.7. The van der Waals surface area contributed by atoms with Gasteiger partial charge in [-0.25, -0.2) is 18.6 Å². The van der Waals surface area contributed by atoms with Crippen LogP contribution in [0.3, 0.4) is 0 Å². The van der Waals surface area contributed by atoms with Gasteiger partial charge in [-0.1, -0.05) is 43.2 Å². The van der Waals surface area contributed by atoms with E-state index in [1.807, 2.05) is 34.9 Å². The van der Waals surface area contributed by atoms with E-state index in [0.717, 1.165) is 30.9 Å². The van der Waals surface area contributed by atoms with Crippen LogP contribution >= 0.6 is 0 Å². The molecule has 11 heteroatoms. The molecule has 1 saturated carbocycles. The number of carbonyl (C=O) groups is 2. The number of halogens is 2. The van der Waals surface area contributed by atoms with Crippen molar-refractivity contribution in [1.82, 2.24) is 24.7 Å². The molecular formula is C31H37F2N5O4. The smallest absolute Gasteiger partial charge is 0.407 e. The van der Waals surface area contributed by atoms with Crippen molar-refractivity contribution in [1.29, 1.82) is 0 Å². The molecule has 0 radical (unpaired) electrons. The third-order valence-corrected chi connectivity index (χ3v) is 8.28. The number of carboxylic acid groups (broad SMARTS) is 1. The predicted molar refractivity (Wildman–Crippen MR) is 153 cm³/mol. The summed E-state index contributed by atoms with van der Waals surface area (Å²) in [5, 5.41) is 13.4. The number of amides is 2. The quantitative estimate of drug-likeness (QED) is 0.384. The Kier molecular flexibility index (Phi) is 9.48. The van der Waals surface area contributed by atoms with Gasteiger partial charge >= 0.3 is 6.09 Å². The summed E-state index contributed by atoms with van der Waals surface area (Å²) in [6, 6.07) is 12.1. The third-order valence-electron chi connectivity index (χ3n) is 8.28. The Labute approximate surface area is 244 Å². The van der Waals surface area contributed by atoms with Crippen molar-refractivity contribution in [3.05, 3.63) is 77.8 Å². The zero-order chi connectivity index (χ0) is 29.6. The monoisotopic (exact) mass is 581 g/mol. The van der Waals surface area contributed by atoms with Crippen LogP contribution in [-0.2, 0) is 11.2 Å². The molecule has 0 spiro atoms. The van der Waals surface area contributed by atoms with Gasteiger partial charge in [-0.3, -0.25) is 4.79 Å². The molecule has 1 saturated heterocycles. The van der Waals surface area contributed by atoms with Gasteiger partial charge in [0.25, 0.3) is 5.91 Å². The number of nitrogens with one attached hydrogen (secondary N) is 1. The van der Waals surface area contributed by atoms with E-state index in [9.17, 15) is 23.5 Å². The van der Waals surface area contributed by atoms with E-state index < -0.39 is 17.7 Å². The summed E-state index contributed by atoms with van der Waals surface area (Å²) in [7, 11) is 1.55. The van der Waals surface area contributed by atoms with Crippen LogP contribution in [0.4, 0.5) is 13.6 Å². The van der Waals surface area contributed by atoms with E-state index in [1.54, 1.807) is 18.3 Å². The van der Waals surface area contributed by atoms with Crippen molar-refractivity contribution in [2.75, 3.05) is 39.9 Å². The Bertz CT molecular complexity index is 1360. The molecule has 9 nitrogen and oxygen atoms in total. The lowest BCUT2D eigenvalue weighted by molar-refractivity contribution is 0.0627. The SMILES string of the molecule is COCCN(C(=O)O)[C@H]1CCCC[C@@H]1n1cnc(C(=O)N2CCNC[C@H]2Cc2cc(F)cc(F)c2)c1-c1ccccc1. The molecule has 1 aliphatic carbocycles. The minimum atomic E-state index is -1.00. The molecular weight excluding hydrogens is 544 g/mol. The molecule has 2 fully saturated rings. The highest BCUT2D eigenvalue weighted by Crippen LogP contribution is 2.37. The normalized spacial score (nSPS) is 20.8. The van der Waals surface area contributed by atoms with Gasteiger partial charge in [0, 0.05) is 51.0 Å². The fourth-order valence-corrected chi connectivity index (χ4v) is 6.37. The van der Waals surface area contributed by atoms with Crippen LogP contribution in [0.5, 0.6) is 0 Å². The lowest BCUT2D eigenvalue weighted by Crippen LogP contribution is -2.54. The largest absolute Gasteiger partial charge is 0.465 e. The van der Waals surface area contributed by atoms with Crippen LogP contribution in [-0.4, -0.2) is 88.4 Å². The Morgan fingerprint density at radius 3 is 2.57 bits per heavy atom. The Morgan fingerprint density at radius 2 is 1.86 bits per heavy atom. The van der Waals surface area contributed by atoms with Crippen LogP contribution in [0.25, 0.3) is 11.3 Å². The number of aromatic nitrogens is 2. The average Bonchev–Trinajstić information content (AvgIpc) is 3.42. The maximum Gasteiger partial charge on any atom is 0.407 e. The summed E-state index contributed by atoms with van der Waals surface area (Å²) in [5.74, 6) is -1.57. The van der Waals surface area contributed by atoms with Crippen molar-refractivity contribution in [2.45, 2.75) is 50.2 Å². The van der Waals surface area contributed by atoms with Crippen LogP contribution in [0.2, 0.25) is 0 Å². The first-order valence-electron chi connectivity index (χ1n) is 14.4. The molecule has 5 rings (SSSR count). The second-order valence-electron chi connectivity index (χ2n) is 10.9. The summed E-state index contributed by atoms with van der Waals surface area (Å²) >= 11 is 0. The number of piperazine rings is 1. The molecule has 2 amide bonds. The fourth-order valence-electron chi connectivity index (χ4n) is 6.37. The Balaban J connectivity index is 1.52. The predicted octanol–water partition coefficient (Wildman–Crippen LogP) is 4.60. The van der Waals surface area contributed by atoms with E-state index in [-0.39, 0.29) is 49.3 Å². The Hall–Kier alpha value is -3.83. The zero-order valence-electron chi connectivity index (χ0n) is 23.7. The van der Waals surface area contributed by atoms with Gasteiger partial charge in [0.1, 0.15) is 11.6 Å². The second-order valence-corrected chi connectivity index (χ2v) is 10.9. The van der Waals surface area contributed by atoms with E-state index in [4.69, 9.17) is 4.74 Å². The Morgan fingerprint density at radius 1 is 1.12 bits per heavy atom. The molecule has 2 aliphatic rings. The molecule has 0 unspecified atom stereocenters. The number of methoxy groups -OCH3 is 1. The molecule has 3 aromatic rings. The lowest BCUT2D eigenvalue weighted by Gasteiger charge is -2.40. The summed E-state index contributed by atoms with van der Waals surface area (Å²) in [4.78, 5) is 34.4. The standard InChI is InChI=1S/C31H37F2N5O4/c1-42-14-13-37(31(40)41)26-9-5-6-10-27(26)38-20-35-28(29(38)22-7-3-2-4-8-22)30(39)36-12-11-34-19-25(36)17-21-15-23(32)18-24(33)16-21/h2-4,7-8,15-16,18,20,25-27,34H,5-6,9-14,17,19H2,1H3,(H,40,41)/t25-,26+,27+/m1/s1. The van der Waals surface area contributed by atoms with Gasteiger partial charge < -0.3 is 29.5 Å². The van der Waals surface area contributed by atoms with Crippen LogP contribution < -0.4 is 5.32 Å². The molecule has 1 aliphatic heterocycles. The first-order valence-corrected chi connectivity index (χ1v) is 14.4. The van der Waals surface area contributed by atoms with Gasteiger partial charge in [-0.05, 0) is 37.0 Å². The molecule has 42 heavy (non-hydrogen) atoms. The van der Waals surface area contributed by atoms with E-state index in [1.165, 1.54) is 17.0 Å². The number of carbonyl (C=O) groups excluding carboxylic acids is 1. The lowest BCUT2D eigenvalue weighted by atomic mass is 9.88. The minimum Gasteiger partial charge on any atom is -0.465 e. The van der Waals surface area contributed by atoms with Gasteiger partial charge in [-0.15, -0.1) is 0 Å². The molecule has 2 heterocycles. The molecule has 2 aromatic carbocycles. The number of imidazole rings is 1. The van der Waals surface area contributed by atoms with Gasteiger partial charge in [0.2, 0.25) is 0 Å². The average molecular weight is 582 g/mol. The highest BCUT2D eigenvalue weighted by molar-refractivity contribution is 5.98. The second kappa shape index (κ2) is 13.4. The molecule has 0 bridgehead atoms. The number of hydrogen-bond acceptors (Lipinski definition) is 5. The molecule has 2 N–H and O–H groups in total. The van der Waals surface area contributed by atoms with E-state index >= 15 is 0 Å². The number of benzene rings is 2. The van der Waals surface area contributed by atoms with Crippen molar-refractivity contribution in [3.8, 4) is 11.3 Å².